The SMILES string of the molecule is CC(=O)Nc1ccc(C(=O)NC(C(=O)O)C2CCCOC2)cc1. The third kappa shape index (κ3) is 4.79. The zero-order valence-corrected chi connectivity index (χ0v) is 12.9. The Kier molecular flexibility index (Phi) is 5.70. The smallest absolute Gasteiger partial charge is 0.326 e. The predicted octanol–water partition coefficient (Wildman–Crippen LogP) is 1.25. The quantitative estimate of drug-likeness (QED) is 0.757. The van der Waals surface area contributed by atoms with Crippen molar-refractivity contribution in [3.63, 3.8) is 0 Å². The fourth-order valence-electron chi connectivity index (χ4n) is 2.54. The molecule has 1 fully saturated rings. The van der Waals surface area contributed by atoms with Crippen molar-refractivity contribution in [1.82, 2.24) is 5.32 Å². The molecule has 0 aliphatic carbocycles. The Balaban J connectivity index is 2.03. The first-order valence-corrected chi connectivity index (χ1v) is 7.46. The van der Waals surface area contributed by atoms with Crippen molar-refractivity contribution in [2.45, 2.75) is 25.8 Å². The number of rotatable bonds is 5. The number of aliphatic carboxylic acids is 1. The van der Waals surface area contributed by atoms with Gasteiger partial charge in [-0.2, -0.15) is 0 Å². The van der Waals surface area contributed by atoms with Crippen LogP contribution in [0, 0.1) is 5.92 Å². The minimum absolute atomic E-state index is 0.203. The molecule has 2 atom stereocenters. The molecule has 1 aliphatic rings. The fraction of sp³-hybridized carbons (Fsp3) is 0.438. The lowest BCUT2D eigenvalue weighted by atomic mass is 9.93. The van der Waals surface area contributed by atoms with Crippen LogP contribution in [0.4, 0.5) is 5.69 Å². The van der Waals surface area contributed by atoms with Gasteiger partial charge in [-0.3, -0.25) is 9.59 Å². The first-order valence-electron chi connectivity index (χ1n) is 7.46. The number of hydrogen-bond acceptors (Lipinski definition) is 4. The van der Waals surface area contributed by atoms with Crippen molar-refractivity contribution < 1.29 is 24.2 Å². The van der Waals surface area contributed by atoms with Crippen molar-refractivity contribution in [3.8, 4) is 0 Å². The molecule has 2 unspecified atom stereocenters. The second-order valence-corrected chi connectivity index (χ2v) is 5.53. The van der Waals surface area contributed by atoms with Gasteiger partial charge in [0, 0.05) is 30.7 Å². The number of carboxylic acid groups (broad SMARTS) is 1. The average molecular weight is 320 g/mol. The van der Waals surface area contributed by atoms with Crippen molar-refractivity contribution in [3.05, 3.63) is 29.8 Å². The summed E-state index contributed by atoms with van der Waals surface area (Å²) in [5, 5.41) is 14.5. The van der Waals surface area contributed by atoms with E-state index in [4.69, 9.17) is 4.74 Å². The molecule has 23 heavy (non-hydrogen) atoms. The van der Waals surface area contributed by atoms with E-state index in [0.717, 1.165) is 6.42 Å². The van der Waals surface area contributed by atoms with Crippen LogP contribution in [0.5, 0.6) is 0 Å². The van der Waals surface area contributed by atoms with E-state index in [2.05, 4.69) is 10.6 Å². The summed E-state index contributed by atoms with van der Waals surface area (Å²) in [6.07, 6.45) is 1.49. The van der Waals surface area contributed by atoms with Crippen LogP contribution in [0.3, 0.4) is 0 Å². The highest BCUT2D eigenvalue weighted by molar-refractivity contribution is 5.97. The molecule has 124 valence electrons. The van der Waals surface area contributed by atoms with Gasteiger partial charge in [-0.1, -0.05) is 0 Å². The molecule has 0 saturated carbocycles. The van der Waals surface area contributed by atoms with Crippen molar-refractivity contribution in [1.29, 1.82) is 0 Å². The molecule has 0 spiro atoms. The molecule has 7 heteroatoms. The Labute approximate surface area is 134 Å². The lowest BCUT2D eigenvalue weighted by Gasteiger charge is -2.28. The van der Waals surface area contributed by atoms with Gasteiger partial charge < -0.3 is 20.5 Å². The molecule has 1 saturated heterocycles. The molecular weight excluding hydrogens is 300 g/mol. The molecule has 2 rings (SSSR count). The molecular formula is C16H20N2O5. The van der Waals surface area contributed by atoms with Crippen LogP contribution in [-0.4, -0.2) is 42.1 Å². The van der Waals surface area contributed by atoms with Crippen LogP contribution in [0.15, 0.2) is 24.3 Å². The Hall–Kier alpha value is -2.41. The molecule has 1 aliphatic heterocycles. The summed E-state index contributed by atoms with van der Waals surface area (Å²) in [4.78, 5) is 34.6. The molecule has 0 radical (unpaired) electrons. The molecule has 0 bridgehead atoms. The zero-order chi connectivity index (χ0) is 16.8. The van der Waals surface area contributed by atoms with E-state index < -0.39 is 17.9 Å². The third-order valence-corrected chi connectivity index (χ3v) is 3.69. The highest BCUT2D eigenvalue weighted by Crippen LogP contribution is 2.18. The van der Waals surface area contributed by atoms with Gasteiger partial charge in [0.15, 0.2) is 0 Å². The minimum atomic E-state index is -1.07. The van der Waals surface area contributed by atoms with E-state index in [1.165, 1.54) is 19.1 Å². The van der Waals surface area contributed by atoms with Gasteiger partial charge in [-0.25, -0.2) is 4.79 Å². The van der Waals surface area contributed by atoms with Crippen LogP contribution >= 0.6 is 0 Å². The summed E-state index contributed by atoms with van der Waals surface area (Å²) in [7, 11) is 0. The van der Waals surface area contributed by atoms with Gasteiger partial charge in [-0.05, 0) is 37.1 Å². The molecule has 2 amide bonds. The van der Waals surface area contributed by atoms with Crippen LogP contribution in [0.1, 0.15) is 30.1 Å². The Morgan fingerprint density at radius 3 is 2.48 bits per heavy atom. The molecule has 1 heterocycles. The highest BCUT2D eigenvalue weighted by atomic mass is 16.5. The number of benzene rings is 1. The van der Waals surface area contributed by atoms with Crippen LogP contribution in [0.2, 0.25) is 0 Å². The second kappa shape index (κ2) is 7.73. The maximum absolute atomic E-state index is 12.2. The molecule has 1 aromatic carbocycles. The maximum atomic E-state index is 12.2. The van der Waals surface area contributed by atoms with E-state index in [1.807, 2.05) is 0 Å². The minimum Gasteiger partial charge on any atom is -0.480 e. The number of carboxylic acids is 1. The van der Waals surface area contributed by atoms with E-state index in [-0.39, 0.29) is 11.8 Å². The van der Waals surface area contributed by atoms with Gasteiger partial charge in [0.05, 0.1) is 6.61 Å². The first-order chi connectivity index (χ1) is 11.0. The van der Waals surface area contributed by atoms with Crippen LogP contribution in [-0.2, 0) is 14.3 Å². The number of anilines is 1. The van der Waals surface area contributed by atoms with Crippen LogP contribution < -0.4 is 10.6 Å². The van der Waals surface area contributed by atoms with Gasteiger partial charge in [0.25, 0.3) is 5.91 Å². The summed E-state index contributed by atoms with van der Waals surface area (Å²) >= 11 is 0. The lowest BCUT2D eigenvalue weighted by Crippen LogP contribution is -2.48. The molecule has 0 aromatic heterocycles. The summed E-state index contributed by atoms with van der Waals surface area (Å²) in [5.74, 6) is -1.96. The van der Waals surface area contributed by atoms with Gasteiger partial charge in [-0.15, -0.1) is 0 Å². The molecule has 3 N–H and O–H groups in total. The zero-order valence-electron chi connectivity index (χ0n) is 12.9. The standard InChI is InChI=1S/C16H20N2O5/c1-10(19)17-13-6-4-11(5-7-13)15(20)18-14(16(21)22)12-3-2-8-23-9-12/h4-7,12,14H,2-3,8-9H2,1H3,(H,17,19)(H,18,20)(H,21,22). The monoisotopic (exact) mass is 320 g/mol. The van der Waals surface area contributed by atoms with Crippen molar-refractivity contribution >= 4 is 23.5 Å². The van der Waals surface area contributed by atoms with Crippen LogP contribution in [0.25, 0.3) is 0 Å². The Bertz CT molecular complexity index is 579. The summed E-state index contributed by atoms with van der Waals surface area (Å²) < 4.78 is 5.30. The number of hydrogen-bond donors (Lipinski definition) is 3. The number of carbonyl (C=O) groups excluding carboxylic acids is 2. The van der Waals surface area contributed by atoms with Gasteiger partial charge in [0.2, 0.25) is 5.91 Å². The molecule has 7 nitrogen and oxygen atoms in total. The normalized spacial score (nSPS) is 18.7. The second-order valence-electron chi connectivity index (χ2n) is 5.53. The van der Waals surface area contributed by atoms with Gasteiger partial charge >= 0.3 is 5.97 Å². The van der Waals surface area contributed by atoms with Crippen molar-refractivity contribution in [2.75, 3.05) is 18.5 Å². The number of ether oxygens (including phenoxy) is 1. The number of amides is 2. The summed E-state index contributed by atoms with van der Waals surface area (Å²) in [6.45, 7) is 2.35. The molecule has 1 aromatic rings. The van der Waals surface area contributed by atoms with E-state index in [1.54, 1.807) is 12.1 Å². The number of nitrogens with one attached hydrogen (secondary N) is 2. The topological polar surface area (TPSA) is 105 Å². The van der Waals surface area contributed by atoms with E-state index in [0.29, 0.717) is 30.9 Å². The van der Waals surface area contributed by atoms with Crippen molar-refractivity contribution in [2.24, 2.45) is 5.92 Å². The van der Waals surface area contributed by atoms with Gasteiger partial charge in [0.1, 0.15) is 6.04 Å². The average Bonchev–Trinajstić information content (AvgIpc) is 2.53. The Morgan fingerprint density at radius 2 is 1.96 bits per heavy atom. The fourth-order valence-corrected chi connectivity index (χ4v) is 2.54. The number of carbonyl (C=O) groups is 3. The largest absolute Gasteiger partial charge is 0.480 e. The predicted molar refractivity (Wildman–Crippen MR) is 83.2 cm³/mol. The lowest BCUT2D eigenvalue weighted by molar-refractivity contribution is -0.142. The highest BCUT2D eigenvalue weighted by Gasteiger charge is 2.31. The summed E-state index contributed by atoms with van der Waals surface area (Å²) in [6, 6.07) is 5.29. The van der Waals surface area contributed by atoms with E-state index in [9.17, 15) is 19.5 Å². The maximum Gasteiger partial charge on any atom is 0.326 e. The van der Waals surface area contributed by atoms with E-state index >= 15 is 0 Å². The Morgan fingerprint density at radius 1 is 1.26 bits per heavy atom. The summed E-state index contributed by atoms with van der Waals surface area (Å²) in [5.41, 5.74) is 0.909. The third-order valence-electron chi connectivity index (χ3n) is 3.69. The first kappa shape index (κ1) is 17.0.